The first-order valence-corrected chi connectivity index (χ1v) is 15.5. The third-order valence-corrected chi connectivity index (χ3v) is 9.60. The molecule has 2 N–H and O–H groups in total. The number of methoxy groups -OCH3 is 1. The second kappa shape index (κ2) is 14.2. The number of piperidine rings is 1. The maximum atomic E-state index is 11.3. The van der Waals surface area contributed by atoms with E-state index in [4.69, 9.17) is 18.9 Å². The first kappa shape index (κ1) is 33.2. The van der Waals surface area contributed by atoms with Crippen molar-refractivity contribution in [2.75, 3.05) is 61.1 Å². The van der Waals surface area contributed by atoms with Crippen LogP contribution in [0.1, 0.15) is 73.6 Å². The standard InChI is InChI=1S/C31H61N3O5/c1-21-15-31(6,36-10)28(39-29-27(35)25(33(7)8)14-23(3)38-29)22(2)16-30(4,5)20-37-19-26(34(9)18-21)24-12-11-13-32-17-24/h21-29,32,35H,11-20H2,1-10H3/t21-,22-,23-,24-,25+,26+,27-,28-,29+,31-/m1/s1. The van der Waals surface area contributed by atoms with Crippen LogP contribution < -0.4 is 5.32 Å². The van der Waals surface area contributed by atoms with E-state index < -0.39 is 18.0 Å². The van der Waals surface area contributed by atoms with Gasteiger partial charge >= 0.3 is 0 Å². The molecule has 0 spiro atoms. The molecule has 0 aliphatic carbocycles. The second-order valence-electron chi connectivity index (χ2n) is 14.4. The van der Waals surface area contributed by atoms with Crippen LogP contribution in [0.15, 0.2) is 0 Å². The number of likely N-dealkylation sites (N-methyl/N-ethyl adjacent to an activating group) is 2. The molecule has 3 fully saturated rings. The van der Waals surface area contributed by atoms with Gasteiger partial charge in [0.1, 0.15) is 6.10 Å². The smallest absolute Gasteiger partial charge is 0.185 e. The van der Waals surface area contributed by atoms with Crippen LogP contribution in [0, 0.1) is 23.2 Å². The molecule has 3 heterocycles. The van der Waals surface area contributed by atoms with E-state index in [0.29, 0.717) is 24.5 Å². The van der Waals surface area contributed by atoms with E-state index in [-0.39, 0.29) is 29.6 Å². The normalized spacial score (nSPS) is 43.8. The molecule has 8 nitrogen and oxygen atoms in total. The number of aliphatic hydroxyl groups excluding tert-OH is 1. The molecule has 0 aromatic heterocycles. The maximum Gasteiger partial charge on any atom is 0.185 e. The van der Waals surface area contributed by atoms with Crippen molar-refractivity contribution in [1.82, 2.24) is 15.1 Å². The van der Waals surface area contributed by atoms with Gasteiger partial charge in [0.25, 0.3) is 0 Å². The second-order valence-corrected chi connectivity index (χ2v) is 14.4. The number of nitrogens with one attached hydrogen (secondary N) is 1. The zero-order valence-electron chi connectivity index (χ0n) is 26.7. The summed E-state index contributed by atoms with van der Waals surface area (Å²) in [5.74, 6) is 1.16. The number of rotatable bonds is 5. The fourth-order valence-corrected chi connectivity index (χ4v) is 7.70. The number of hydrogen-bond acceptors (Lipinski definition) is 8. The molecule has 0 unspecified atom stereocenters. The Bertz CT molecular complexity index is 733. The summed E-state index contributed by atoms with van der Waals surface area (Å²) in [5, 5.41) is 14.9. The Morgan fingerprint density at radius 3 is 2.44 bits per heavy atom. The molecule has 8 heteroatoms. The van der Waals surface area contributed by atoms with Crippen molar-refractivity contribution < 1.29 is 24.1 Å². The Kier molecular flexibility index (Phi) is 12.1. The zero-order chi connectivity index (χ0) is 29.0. The van der Waals surface area contributed by atoms with E-state index in [1.54, 1.807) is 0 Å². The molecule has 230 valence electrons. The minimum atomic E-state index is -0.723. The fourth-order valence-electron chi connectivity index (χ4n) is 7.70. The van der Waals surface area contributed by atoms with Gasteiger partial charge in [-0.2, -0.15) is 0 Å². The molecule has 10 atom stereocenters. The van der Waals surface area contributed by atoms with E-state index in [9.17, 15) is 5.11 Å². The summed E-state index contributed by atoms with van der Waals surface area (Å²) in [4.78, 5) is 4.61. The van der Waals surface area contributed by atoms with Crippen LogP contribution in [0.2, 0.25) is 0 Å². The number of nitrogens with zero attached hydrogens (tertiary/aromatic N) is 2. The Morgan fingerprint density at radius 1 is 1.10 bits per heavy atom. The molecule has 3 aliphatic heterocycles. The van der Waals surface area contributed by atoms with E-state index in [1.165, 1.54) is 12.8 Å². The average molecular weight is 556 g/mol. The molecule has 3 aliphatic rings. The molecular weight excluding hydrogens is 494 g/mol. The zero-order valence-corrected chi connectivity index (χ0v) is 26.7. The van der Waals surface area contributed by atoms with Gasteiger partial charge in [0.05, 0.1) is 31.0 Å². The van der Waals surface area contributed by atoms with E-state index in [1.807, 2.05) is 21.2 Å². The summed E-state index contributed by atoms with van der Waals surface area (Å²) in [7, 11) is 8.10. The highest BCUT2D eigenvalue weighted by Crippen LogP contribution is 2.39. The number of ether oxygens (including phenoxy) is 4. The summed E-state index contributed by atoms with van der Waals surface area (Å²) in [6, 6.07) is 0.381. The highest BCUT2D eigenvalue weighted by molar-refractivity contribution is 4.95. The van der Waals surface area contributed by atoms with Crippen molar-refractivity contribution in [3.8, 4) is 0 Å². The van der Waals surface area contributed by atoms with Crippen LogP contribution in [-0.4, -0.2) is 118 Å². The van der Waals surface area contributed by atoms with Crippen molar-refractivity contribution >= 4 is 0 Å². The SMILES string of the molecule is CO[C@]1(C)C[C@@H](C)CN(C)[C@H]([C@@H]2CCCNC2)COCC(C)(C)C[C@@H](C)[C@H]1O[C@@H]1O[C@H](C)C[C@H](N(C)C)[C@H]1O. The predicted octanol–water partition coefficient (Wildman–Crippen LogP) is 3.61. The Hall–Kier alpha value is -0.320. The molecule has 0 radical (unpaired) electrons. The van der Waals surface area contributed by atoms with Crippen molar-refractivity contribution in [3.63, 3.8) is 0 Å². The minimum Gasteiger partial charge on any atom is -0.386 e. The molecule has 3 rings (SSSR count). The van der Waals surface area contributed by atoms with Crippen molar-refractivity contribution in [2.24, 2.45) is 23.2 Å². The van der Waals surface area contributed by atoms with Gasteiger partial charge in [0.2, 0.25) is 0 Å². The van der Waals surface area contributed by atoms with Crippen molar-refractivity contribution in [3.05, 3.63) is 0 Å². The minimum absolute atomic E-state index is 0.00768. The number of hydrogen-bond donors (Lipinski definition) is 2. The van der Waals surface area contributed by atoms with Crippen LogP contribution in [0.4, 0.5) is 0 Å². The lowest BCUT2D eigenvalue weighted by Gasteiger charge is -2.47. The Balaban J connectivity index is 1.88. The van der Waals surface area contributed by atoms with Gasteiger partial charge in [0.15, 0.2) is 6.29 Å². The van der Waals surface area contributed by atoms with Crippen LogP contribution in [0.25, 0.3) is 0 Å². The van der Waals surface area contributed by atoms with Gasteiger partial charge in [-0.3, -0.25) is 0 Å². The largest absolute Gasteiger partial charge is 0.386 e. The first-order chi connectivity index (χ1) is 18.3. The van der Waals surface area contributed by atoms with Gasteiger partial charge < -0.3 is 39.2 Å². The highest BCUT2D eigenvalue weighted by atomic mass is 16.7. The van der Waals surface area contributed by atoms with Crippen molar-refractivity contribution in [2.45, 2.75) is 116 Å². The molecule has 0 saturated carbocycles. The third kappa shape index (κ3) is 8.84. The first-order valence-electron chi connectivity index (χ1n) is 15.5. The molecule has 39 heavy (non-hydrogen) atoms. The van der Waals surface area contributed by atoms with Gasteiger partial charge in [-0.05, 0) is 103 Å². The van der Waals surface area contributed by atoms with Gasteiger partial charge in [-0.15, -0.1) is 0 Å². The van der Waals surface area contributed by atoms with E-state index >= 15 is 0 Å². The molecule has 0 aromatic carbocycles. The van der Waals surface area contributed by atoms with Crippen LogP contribution in [-0.2, 0) is 18.9 Å². The topological polar surface area (TPSA) is 75.7 Å². The molecule has 3 saturated heterocycles. The summed E-state index contributed by atoms with van der Waals surface area (Å²) in [6.07, 6.45) is 3.38. The molecular formula is C31H61N3O5. The lowest BCUT2D eigenvalue weighted by atomic mass is 9.75. The van der Waals surface area contributed by atoms with Gasteiger partial charge in [0, 0.05) is 25.7 Å². The average Bonchev–Trinajstić information content (AvgIpc) is 2.86. The lowest BCUT2D eigenvalue weighted by Crippen LogP contribution is -2.58. The monoisotopic (exact) mass is 555 g/mol. The summed E-state index contributed by atoms with van der Waals surface area (Å²) in [6.45, 7) is 18.1. The maximum absolute atomic E-state index is 11.3. The fraction of sp³-hybridized carbons (Fsp3) is 1.00. The summed E-state index contributed by atoms with van der Waals surface area (Å²) in [5.41, 5.74) is -0.571. The molecule has 0 bridgehead atoms. The number of aliphatic hydroxyl groups is 1. The van der Waals surface area contributed by atoms with Crippen LogP contribution in [0.3, 0.4) is 0 Å². The van der Waals surface area contributed by atoms with E-state index in [0.717, 1.165) is 45.5 Å². The van der Waals surface area contributed by atoms with Crippen molar-refractivity contribution in [1.29, 1.82) is 0 Å². The van der Waals surface area contributed by atoms with Crippen LogP contribution >= 0.6 is 0 Å². The van der Waals surface area contributed by atoms with E-state index in [2.05, 4.69) is 63.7 Å². The summed E-state index contributed by atoms with van der Waals surface area (Å²) >= 11 is 0. The summed E-state index contributed by atoms with van der Waals surface area (Å²) < 4.78 is 26.0. The predicted molar refractivity (Wildman–Crippen MR) is 157 cm³/mol. The molecule has 0 aromatic rings. The Morgan fingerprint density at radius 2 is 1.82 bits per heavy atom. The lowest BCUT2D eigenvalue weighted by molar-refractivity contribution is -0.298. The quantitative estimate of drug-likeness (QED) is 0.533. The Labute approximate surface area is 239 Å². The third-order valence-electron chi connectivity index (χ3n) is 9.60. The van der Waals surface area contributed by atoms with Crippen LogP contribution in [0.5, 0.6) is 0 Å². The molecule has 0 amide bonds. The highest BCUT2D eigenvalue weighted by Gasteiger charge is 2.47. The van der Waals surface area contributed by atoms with Gasteiger partial charge in [-0.1, -0.05) is 27.7 Å². The van der Waals surface area contributed by atoms with Gasteiger partial charge in [-0.25, -0.2) is 0 Å².